The highest BCUT2D eigenvalue weighted by Crippen LogP contribution is 2.22. The Morgan fingerprint density at radius 1 is 1.07 bits per heavy atom. The van der Waals surface area contributed by atoms with E-state index in [0.717, 1.165) is 0 Å². The summed E-state index contributed by atoms with van der Waals surface area (Å²) in [4.78, 5) is 22.0. The number of para-hydroxylation sites is 1. The first kappa shape index (κ1) is 9.32. The van der Waals surface area contributed by atoms with E-state index in [9.17, 15) is 14.7 Å². The maximum atomic E-state index is 11.0. The van der Waals surface area contributed by atoms with Crippen LogP contribution in [0.2, 0.25) is 0 Å². The third kappa shape index (κ3) is 1.83. The fourth-order valence-electron chi connectivity index (χ4n) is 1.36. The molecule has 1 heterocycles. The summed E-state index contributed by atoms with van der Waals surface area (Å²) in [5.74, 6) is 0.0185. The fourth-order valence-corrected chi connectivity index (χ4v) is 1.36. The van der Waals surface area contributed by atoms with Crippen molar-refractivity contribution in [3.8, 4) is 5.75 Å². The Bertz CT molecular complexity index is 403. The van der Waals surface area contributed by atoms with Crippen molar-refractivity contribution in [2.75, 3.05) is 0 Å². The number of nitrogens with one attached hydrogen (secondary N) is 3. The maximum absolute atomic E-state index is 11.0. The lowest BCUT2D eigenvalue weighted by molar-refractivity contribution is 0.209. The first-order valence-corrected chi connectivity index (χ1v) is 4.33. The molecule has 0 atom stereocenters. The Morgan fingerprint density at radius 2 is 1.67 bits per heavy atom. The van der Waals surface area contributed by atoms with Crippen LogP contribution in [0.4, 0.5) is 9.59 Å². The van der Waals surface area contributed by atoms with Crippen molar-refractivity contribution in [2.45, 2.75) is 6.17 Å². The average molecular weight is 207 g/mol. The van der Waals surface area contributed by atoms with Gasteiger partial charge in [0.05, 0.1) is 0 Å². The van der Waals surface area contributed by atoms with E-state index in [4.69, 9.17) is 0 Å². The maximum Gasteiger partial charge on any atom is 0.324 e. The molecule has 1 saturated heterocycles. The minimum absolute atomic E-state index is 0.0185. The van der Waals surface area contributed by atoms with E-state index >= 15 is 0 Å². The van der Waals surface area contributed by atoms with Gasteiger partial charge < -0.3 is 15.7 Å². The summed E-state index contributed by atoms with van der Waals surface area (Å²) in [6.45, 7) is 0. The van der Waals surface area contributed by atoms with E-state index in [1.54, 1.807) is 18.2 Å². The van der Waals surface area contributed by atoms with Gasteiger partial charge in [0.1, 0.15) is 11.9 Å². The van der Waals surface area contributed by atoms with Crippen LogP contribution >= 0.6 is 0 Å². The zero-order chi connectivity index (χ0) is 10.8. The van der Waals surface area contributed by atoms with Gasteiger partial charge in [0.15, 0.2) is 0 Å². The molecule has 4 amide bonds. The van der Waals surface area contributed by atoms with Crippen LogP contribution in [-0.2, 0) is 0 Å². The van der Waals surface area contributed by atoms with E-state index in [2.05, 4.69) is 10.6 Å². The third-order valence-corrected chi connectivity index (χ3v) is 2.03. The Kier molecular flexibility index (Phi) is 2.17. The summed E-state index contributed by atoms with van der Waals surface area (Å²) < 4.78 is 0. The summed E-state index contributed by atoms with van der Waals surface area (Å²) >= 11 is 0. The van der Waals surface area contributed by atoms with Crippen LogP contribution in [0.25, 0.3) is 0 Å². The Balaban J connectivity index is 2.27. The number of phenolic OH excluding ortho intramolecular Hbond substituents is 1. The summed E-state index contributed by atoms with van der Waals surface area (Å²) in [7, 11) is 0. The Morgan fingerprint density at radius 3 is 2.27 bits per heavy atom. The van der Waals surface area contributed by atoms with Gasteiger partial charge in [-0.1, -0.05) is 18.2 Å². The molecule has 1 aliphatic rings. The second-order valence-corrected chi connectivity index (χ2v) is 3.06. The highest BCUT2D eigenvalue weighted by molar-refractivity contribution is 5.96. The largest absolute Gasteiger partial charge is 0.508 e. The number of hydrogen-bond acceptors (Lipinski definition) is 3. The molecule has 15 heavy (non-hydrogen) atoms. The number of rotatable bonds is 1. The molecule has 0 bridgehead atoms. The molecular formula is C9H9N3O3. The van der Waals surface area contributed by atoms with Crippen molar-refractivity contribution in [1.82, 2.24) is 16.0 Å². The minimum atomic E-state index is -0.701. The number of amides is 4. The van der Waals surface area contributed by atoms with Gasteiger partial charge in [0, 0.05) is 5.56 Å². The summed E-state index contributed by atoms with van der Waals surface area (Å²) in [6.07, 6.45) is -0.701. The molecule has 78 valence electrons. The lowest BCUT2D eigenvalue weighted by Crippen LogP contribution is -2.56. The normalized spacial score (nSPS) is 16.5. The SMILES string of the molecule is O=C1NC(=O)NC(c2ccccc2O)N1. The molecule has 0 aromatic heterocycles. The van der Waals surface area contributed by atoms with Gasteiger partial charge >= 0.3 is 12.1 Å². The number of imide groups is 1. The van der Waals surface area contributed by atoms with Crippen LogP contribution in [0.3, 0.4) is 0 Å². The van der Waals surface area contributed by atoms with E-state index in [0.29, 0.717) is 5.56 Å². The first-order chi connectivity index (χ1) is 7.16. The molecular weight excluding hydrogens is 198 g/mol. The van der Waals surface area contributed by atoms with E-state index < -0.39 is 18.2 Å². The van der Waals surface area contributed by atoms with Crippen LogP contribution in [0.15, 0.2) is 24.3 Å². The Labute approximate surface area is 85.3 Å². The van der Waals surface area contributed by atoms with Gasteiger partial charge in [0.25, 0.3) is 0 Å². The summed E-state index contributed by atoms with van der Waals surface area (Å²) in [6, 6.07) is 5.28. The van der Waals surface area contributed by atoms with Crippen molar-refractivity contribution in [1.29, 1.82) is 0 Å². The summed E-state index contributed by atoms with van der Waals surface area (Å²) in [5, 5.41) is 16.5. The van der Waals surface area contributed by atoms with Crippen LogP contribution in [-0.4, -0.2) is 17.2 Å². The number of urea groups is 2. The third-order valence-electron chi connectivity index (χ3n) is 2.03. The van der Waals surface area contributed by atoms with Gasteiger partial charge in [-0.15, -0.1) is 0 Å². The molecule has 1 aromatic carbocycles. The first-order valence-electron chi connectivity index (χ1n) is 4.33. The molecule has 2 rings (SSSR count). The quantitative estimate of drug-likeness (QED) is 0.537. The highest BCUT2D eigenvalue weighted by atomic mass is 16.3. The molecule has 1 aliphatic heterocycles. The number of carbonyl (C=O) groups is 2. The van der Waals surface area contributed by atoms with Gasteiger partial charge in [-0.25, -0.2) is 9.59 Å². The summed E-state index contributed by atoms with van der Waals surface area (Å²) in [5.41, 5.74) is 0.445. The van der Waals surface area contributed by atoms with Gasteiger partial charge in [0.2, 0.25) is 0 Å². The van der Waals surface area contributed by atoms with E-state index in [1.807, 2.05) is 5.32 Å². The van der Waals surface area contributed by atoms with Gasteiger partial charge in [-0.2, -0.15) is 0 Å². The highest BCUT2D eigenvalue weighted by Gasteiger charge is 2.25. The number of benzene rings is 1. The van der Waals surface area contributed by atoms with Crippen LogP contribution in [0.5, 0.6) is 5.75 Å². The Hall–Kier alpha value is -2.24. The minimum Gasteiger partial charge on any atom is -0.508 e. The van der Waals surface area contributed by atoms with E-state index in [-0.39, 0.29) is 5.75 Å². The van der Waals surface area contributed by atoms with Gasteiger partial charge in [-0.3, -0.25) is 5.32 Å². The smallest absolute Gasteiger partial charge is 0.324 e. The van der Waals surface area contributed by atoms with Crippen LogP contribution < -0.4 is 16.0 Å². The molecule has 1 fully saturated rings. The number of hydrogen-bond donors (Lipinski definition) is 4. The predicted molar refractivity (Wildman–Crippen MR) is 51.0 cm³/mol. The van der Waals surface area contributed by atoms with Crippen molar-refractivity contribution in [2.24, 2.45) is 0 Å². The van der Waals surface area contributed by atoms with Crippen LogP contribution in [0.1, 0.15) is 11.7 Å². The number of phenols is 1. The average Bonchev–Trinajstić information content (AvgIpc) is 2.16. The zero-order valence-corrected chi connectivity index (χ0v) is 7.65. The molecule has 4 N–H and O–H groups in total. The molecule has 0 spiro atoms. The second-order valence-electron chi connectivity index (χ2n) is 3.06. The topological polar surface area (TPSA) is 90.5 Å². The zero-order valence-electron chi connectivity index (χ0n) is 7.65. The van der Waals surface area contributed by atoms with Crippen LogP contribution in [0, 0.1) is 0 Å². The molecule has 6 nitrogen and oxygen atoms in total. The van der Waals surface area contributed by atoms with Crippen molar-refractivity contribution >= 4 is 12.1 Å². The predicted octanol–water partition coefficient (Wildman–Crippen LogP) is 0.413. The molecule has 1 aromatic rings. The standard InChI is InChI=1S/C9H9N3O3/c13-6-4-2-1-3-5(6)7-10-8(14)12-9(15)11-7/h1-4,7,13H,(H3,10,11,12,14,15). The van der Waals surface area contributed by atoms with Crippen molar-refractivity contribution in [3.05, 3.63) is 29.8 Å². The number of carbonyl (C=O) groups excluding carboxylic acids is 2. The molecule has 6 heteroatoms. The molecule has 0 saturated carbocycles. The lowest BCUT2D eigenvalue weighted by atomic mass is 10.1. The lowest BCUT2D eigenvalue weighted by Gasteiger charge is -2.25. The molecule has 0 unspecified atom stereocenters. The van der Waals surface area contributed by atoms with Crippen molar-refractivity contribution in [3.63, 3.8) is 0 Å². The number of aromatic hydroxyl groups is 1. The molecule has 0 aliphatic carbocycles. The second kappa shape index (κ2) is 3.49. The molecule has 0 radical (unpaired) electrons. The van der Waals surface area contributed by atoms with Gasteiger partial charge in [-0.05, 0) is 6.07 Å². The monoisotopic (exact) mass is 207 g/mol. The van der Waals surface area contributed by atoms with E-state index in [1.165, 1.54) is 6.07 Å². The fraction of sp³-hybridized carbons (Fsp3) is 0.111. The van der Waals surface area contributed by atoms with Crippen molar-refractivity contribution < 1.29 is 14.7 Å².